The summed E-state index contributed by atoms with van der Waals surface area (Å²) in [7, 11) is 1.77. The Kier molecular flexibility index (Phi) is 3.85. The fourth-order valence-corrected chi connectivity index (χ4v) is 2.07. The van der Waals surface area contributed by atoms with Crippen molar-refractivity contribution in [3.63, 3.8) is 0 Å². The molecule has 2 aromatic rings. The number of fused-ring (bicyclic) bond motifs is 1. The summed E-state index contributed by atoms with van der Waals surface area (Å²) in [4.78, 5) is 18.1. The van der Waals surface area contributed by atoms with Crippen LogP contribution < -0.4 is 10.6 Å². The Hall–Kier alpha value is -1.88. The zero-order valence-electron chi connectivity index (χ0n) is 11.5. The molecule has 2 rings (SSSR count). The van der Waals surface area contributed by atoms with E-state index < -0.39 is 0 Å². The second-order valence-electron chi connectivity index (χ2n) is 4.76. The van der Waals surface area contributed by atoms with E-state index in [2.05, 4.69) is 4.98 Å². The number of nitrogens with zero attached hydrogens (tertiary/aromatic N) is 2. The third-order valence-corrected chi connectivity index (χ3v) is 3.22. The van der Waals surface area contributed by atoms with Crippen LogP contribution in [0.1, 0.15) is 19.2 Å². The van der Waals surface area contributed by atoms with Crippen molar-refractivity contribution in [1.29, 1.82) is 0 Å². The fraction of sp³-hybridized carbons (Fsp3) is 0.429. The summed E-state index contributed by atoms with van der Waals surface area (Å²) >= 11 is 0. The molecule has 102 valence electrons. The van der Waals surface area contributed by atoms with E-state index in [1.165, 1.54) is 0 Å². The molecular formula is C14H19N3O2. The molecule has 0 radical (unpaired) electrons. The predicted molar refractivity (Wildman–Crippen MR) is 75.0 cm³/mol. The minimum atomic E-state index is -0.0789. The Morgan fingerprint density at radius 2 is 2.26 bits per heavy atom. The van der Waals surface area contributed by atoms with Crippen LogP contribution in [0, 0.1) is 12.8 Å². The topological polar surface area (TPSA) is 72.4 Å². The van der Waals surface area contributed by atoms with Crippen LogP contribution in [0.25, 0.3) is 11.1 Å². The quantitative estimate of drug-likeness (QED) is 0.914. The van der Waals surface area contributed by atoms with E-state index in [4.69, 9.17) is 10.2 Å². The number of oxazole rings is 1. The number of hydrogen-bond donors (Lipinski definition) is 1. The number of nitrogens with two attached hydrogens (primary N) is 1. The molecule has 5 nitrogen and oxygen atoms in total. The molecule has 1 unspecified atom stereocenters. The summed E-state index contributed by atoms with van der Waals surface area (Å²) in [5, 5.41) is 0. The Balaban J connectivity index is 2.25. The van der Waals surface area contributed by atoms with Gasteiger partial charge in [-0.2, -0.15) is 0 Å². The van der Waals surface area contributed by atoms with Crippen molar-refractivity contribution in [3.05, 3.63) is 24.1 Å². The van der Waals surface area contributed by atoms with Gasteiger partial charge in [0.05, 0.1) is 0 Å². The number of carbonyl (C=O) groups excluding carboxylic acids is 1. The number of anilines is 1. The fourth-order valence-electron chi connectivity index (χ4n) is 2.07. The second-order valence-corrected chi connectivity index (χ2v) is 4.76. The van der Waals surface area contributed by atoms with Crippen LogP contribution in [-0.4, -0.2) is 24.5 Å². The van der Waals surface area contributed by atoms with E-state index >= 15 is 0 Å². The molecule has 0 bridgehead atoms. The van der Waals surface area contributed by atoms with E-state index in [1.807, 2.05) is 25.1 Å². The van der Waals surface area contributed by atoms with Gasteiger partial charge in [0.25, 0.3) is 0 Å². The van der Waals surface area contributed by atoms with Gasteiger partial charge in [0.2, 0.25) is 5.91 Å². The number of benzene rings is 1. The first kappa shape index (κ1) is 13.5. The smallest absolute Gasteiger partial charge is 0.229 e. The average Bonchev–Trinajstić information content (AvgIpc) is 2.76. The molecule has 2 N–H and O–H groups in total. The highest BCUT2D eigenvalue weighted by Crippen LogP contribution is 2.23. The molecular weight excluding hydrogens is 242 g/mol. The average molecular weight is 261 g/mol. The Bertz CT molecular complexity index is 591. The molecule has 0 saturated heterocycles. The van der Waals surface area contributed by atoms with Crippen molar-refractivity contribution < 1.29 is 9.21 Å². The monoisotopic (exact) mass is 261 g/mol. The number of carbonyl (C=O) groups is 1. The van der Waals surface area contributed by atoms with Crippen LogP contribution in [0.2, 0.25) is 0 Å². The molecule has 1 heterocycles. The predicted octanol–water partition coefficient (Wildman–Crippen LogP) is 2.08. The van der Waals surface area contributed by atoms with E-state index in [-0.39, 0.29) is 11.8 Å². The number of hydrogen-bond acceptors (Lipinski definition) is 4. The summed E-state index contributed by atoms with van der Waals surface area (Å²) in [5.41, 5.74) is 7.80. The third kappa shape index (κ3) is 2.76. The van der Waals surface area contributed by atoms with E-state index in [1.54, 1.807) is 18.9 Å². The molecule has 0 spiro atoms. The van der Waals surface area contributed by atoms with Crippen LogP contribution >= 0.6 is 0 Å². The Morgan fingerprint density at radius 1 is 1.53 bits per heavy atom. The molecule has 1 aromatic heterocycles. The number of amides is 1. The standard InChI is InChI=1S/C14H19N3O2/c1-9(6-7-15)14(18)17(3)11-4-5-13-12(8-11)16-10(2)19-13/h4-5,8-9H,6-7,15H2,1-3H3. The zero-order chi connectivity index (χ0) is 14.0. The summed E-state index contributed by atoms with van der Waals surface area (Å²) < 4.78 is 5.42. The highest BCUT2D eigenvalue weighted by molar-refractivity contribution is 5.95. The van der Waals surface area contributed by atoms with E-state index in [0.717, 1.165) is 16.8 Å². The number of aryl methyl sites for hydroxylation is 1. The van der Waals surface area contributed by atoms with Crippen molar-refractivity contribution in [3.8, 4) is 0 Å². The summed E-state index contributed by atoms with van der Waals surface area (Å²) in [6.07, 6.45) is 0.689. The minimum Gasteiger partial charge on any atom is -0.441 e. The Labute approximate surface area is 112 Å². The van der Waals surface area contributed by atoms with Gasteiger partial charge in [-0.15, -0.1) is 0 Å². The largest absolute Gasteiger partial charge is 0.441 e. The van der Waals surface area contributed by atoms with Crippen LogP contribution in [0.15, 0.2) is 22.6 Å². The van der Waals surface area contributed by atoms with Gasteiger partial charge in [-0.05, 0) is 31.2 Å². The molecule has 0 aliphatic rings. The molecule has 0 aliphatic heterocycles. The zero-order valence-corrected chi connectivity index (χ0v) is 11.5. The van der Waals surface area contributed by atoms with Crippen molar-refractivity contribution in [2.45, 2.75) is 20.3 Å². The van der Waals surface area contributed by atoms with Crippen LogP contribution in [0.4, 0.5) is 5.69 Å². The molecule has 0 saturated carbocycles. The lowest BCUT2D eigenvalue weighted by Crippen LogP contribution is -2.32. The highest BCUT2D eigenvalue weighted by Gasteiger charge is 2.18. The van der Waals surface area contributed by atoms with Gasteiger partial charge < -0.3 is 15.1 Å². The first-order valence-corrected chi connectivity index (χ1v) is 6.37. The van der Waals surface area contributed by atoms with Crippen LogP contribution in [-0.2, 0) is 4.79 Å². The van der Waals surface area contributed by atoms with Crippen molar-refractivity contribution in [2.75, 3.05) is 18.5 Å². The summed E-state index contributed by atoms with van der Waals surface area (Å²) in [6.45, 7) is 4.21. The van der Waals surface area contributed by atoms with Gasteiger partial charge in [0.1, 0.15) is 5.52 Å². The number of rotatable bonds is 4. The molecule has 1 amide bonds. The second kappa shape index (κ2) is 5.40. The Morgan fingerprint density at radius 3 is 2.95 bits per heavy atom. The molecule has 19 heavy (non-hydrogen) atoms. The lowest BCUT2D eigenvalue weighted by Gasteiger charge is -2.21. The van der Waals surface area contributed by atoms with Gasteiger partial charge in [0.15, 0.2) is 11.5 Å². The van der Waals surface area contributed by atoms with Gasteiger partial charge in [-0.3, -0.25) is 4.79 Å². The van der Waals surface area contributed by atoms with Crippen molar-refractivity contribution >= 4 is 22.7 Å². The van der Waals surface area contributed by atoms with Crippen molar-refractivity contribution in [1.82, 2.24) is 4.98 Å². The van der Waals surface area contributed by atoms with E-state index in [0.29, 0.717) is 18.9 Å². The first-order chi connectivity index (χ1) is 9.02. The van der Waals surface area contributed by atoms with Gasteiger partial charge in [-0.25, -0.2) is 4.98 Å². The molecule has 0 aliphatic carbocycles. The molecule has 1 atom stereocenters. The summed E-state index contributed by atoms with van der Waals surface area (Å²) in [6, 6.07) is 5.56. The molecule has 1 aromatic carbocycles. The number of aromatic nitrogens is 1. The summed E-state index contributed by atoms with van der Waals surface area (Å²) in [5.74, 6) is 0.604. The lowest BCUT2D eigenvalue weighted by atomic mass is 10.1. The van der Waals surface area contributed by atoms with Crippen LogP contribution in [0.5, 0.6) is 0 Å². The lowest BCUT2D eigenvalue weighted by molar-refractivity contribution is -0.121. The molecule has 0 fully saturated rings. The van der Waals surface area contributed by atoms with E-state index in [9.17, 15) is 4.79 Å². The third-order valence-electron chi connectivity index (χ3n) is 3.22. The normalized spacial score (nSPS) is 12.6. The maximum absolute atomic E-state index is 12.2. The molecule has 5 heteroatoms. The van der Waals surface area contributed by atoms with Crippen LogP contribution in [0.3, 0.4) is 0 Å². The first-order valence-electron chi connectivity index (χ1n) is 6.37. The maximum atomic E-state index is 12.2. The van der Waals surface area contributed by atoms with Gasteiger partial charge in [-0.1, -0.05) is 6.92 Å². The van der Waals surface area contributed by atoms with Gasteiger partial charge >= 0.3 is 0 Å². The van der Waals surface area contributed by atoms with Crippen molar-refractivity contribution in [2.24, 2.45) is 11.7 Å². The van der Waals surface area contributed by atoms with Gasteiger partial charge in [0, 0.05) is 25.6 Å². The SMILES string of the molecule is Cc1nc2cc(N(C)C(=O)C(C)CCN)ccc2o1. The minimum absolute atomic E-state index is 0.0602. The maximum Gasteiger partial charge on any atom is 0.229 e. The highest BCUT2D eigenvalue weighted by atomic mass is 16.3.